The molecule has 4 rings (SSSR count). The van der Waals surface area contributed by atoms with Crippen molar-refractivity contribution in [2.75, 3.05) is 0 Å². The van der Waals surface area contributed by atoms with Crippen LogP contribution in [0.25, 0.3) is 22.5 Å². The molecule has 4 aromatic rings. The second kappa shape index (κ2) is 7.68. The fourth-order valence-electron chi connectivity index (χ4n) is 3.13. The summed E-state index contributed by atoms with van der Waals surface area (Å²) in [6, 6.07) is 19.8. The van der Waals surface area contributed by atoms with Crippen LogP contribution in [0, 0.1) is 0 Å². The molecular weight excluding hydrogens is 352 g/mol. The van der Waals surface area contributed by atoms with E-state index in [1.807, 2.05) is 79.1 Å². The van der Waals surface area contributed by atoms with Crippen molar-refractivity contribution in [1.29, 1.82) is 0 Å². The van der Waals surface area contributed by atoms with E-state index in [2.05, 4.69) is 15.5 Å². The van der Waals surface area contributed by atoms with E-state index in [9.17, 15) is 4.79 Å². The number of carbonyl (C=O) groups excluding carboxylic acids is 1. The van der Waals surface area contributed by atoms with Gasteiger partial charge in [-0.05, 0) is 17.7 Å². The summed E-state index contributed by atoms with van der Waals surface area (Å²) in [4.78, 5) is 12.6. The number of nitrogens with one attached hydrogen (secondary N) is 1. The molecule has 0 saturated carbocycles. The van der Waals surface area contributed by atoms with Crippen LogP contribution >= 0.6 is 0 Å². The van der Waals surface area contributed by atoms with Gasteiger partial charge in [-0.2, -0.15) is 0 Å². The number of carbonyl (C=O) groups is 1. The Labute approximate surface area is 163 Å². The molecule has 1 amide bonds. The average Bonchev–Trinajstić information content (AvgIpc) is 3.33. The van der Waals surface area contributed by atoms with E-state index in [-0.39, 0.29) is 18.4 Å². The molecule has 0 saturated heterocycles. The molecule has 0 bridgehead atoms. The fourth-order valence-corrected chi connectivity index (χ4v) is 3.13. The number of hydrogen-bond donors (Lipinski definition) is 1. The van der Waals surface area contributed by atoms with Crippen LogP contribution in [0.4, 0.5) is 0 Å². The van der Waals surface area contributed by atoms with Gasteiger partial charge in [-0.1, -0.05) is 62.4 Å². The van der Waals surface area contributed by atoms with Gasteiger partial charge in [0.05, 0.1) is 0 Å². The monoisotopic (exact) mass is 374 g/mol. The lowest BCUT2D eigenvalue weighted by Gasteiger charge is -2.10. The van der Waals surface area contributed by atoms with Gasteiger partial charge >= 0.3 is 0 Å². The third-order valence-electron chi connectivity index (χ3n) is 4.60. The number of nitrogens with zero attached hydrogens (tertiary/aromatic N) is 3. The highest BCUT2D eigenvalue weighted by Gasteiger charge is 2.19. The van der Waals surface area contributed by atoms with Crippen LogP contribution in [0.15, 0.2) is 65.1 Å². The van der Waals surface area contributed by atoms with Crippen molar-refractivity contribution < 1.29 is 9.21 Å². The number of rotatable bonds is 6. The Balaban J connectivity index is 1.62. The normalized spacial score (nSPS) is 11.2. The Morgan fingerprint density at radius 2 is 1.82 bits per heavy atom. The minimum atomic E-state index is -0.0740. The van der Waals surface area contributed by atoms with Gasteiger partial charge in [0.1, 0.15) is 12.2 Å². The lowest BCUT2D eigenvalue weighted by Crippen LogP contribution is -2.27. The van der Waals surface area contributed by atoms with Crippen molar-refractivity contribution in [2.45, 2.75) is 32.9 Å². The van der Waals surface area contributed by atoms with Crippen LogP contribution in [0.5, 0.6) is 0 Å². The Morgan fingerprint density at radius 1 is 1.07 bits per heavy atom. The van der Waals surface area contributed by atoms with E-state index in [0.717, 1.165) is 22.2 Å². The van der Waals surface area contributed by atoms with Gasteiger partial charge in [-0.15, -0.1) is 10.2 Å². The predicted molar refractivity (Wildman–Crippen MR) is 108 cm³/mol. The number of fused-ring (bicyclic) bond motifs is 1. The molecule has 0 atom stereocenters. The Morgan fingerprint density at radius 3 is 2.57 bits per heavy atom. The summed E-state index contributed by atoms with van der Waals surface area (Å²) in [5.74, 6) is 1.08. The number of aromatic nitrogens is 3. The second-order valence-corrected chi connectivity index (χ2v) is 7.04. The van der Waals surface area contributed by atoms with Gasteiger partial charge < -0.3 is 14.3 Å². The maximum atomic E-state index is 12.6. The molecule has 2 aromatic carbocycles. The third-order valence-corrected chi connectivity index (χ3v) is 4.60. The first kappa shape index (κ1) is 18.0. The zero-order valence-corrected chi connectivity index (χ0v) is 15.9. The van der Waals surface area contributed by atoms with Gasteiger partial charge in [0.2, 0.25) is 11.8 Å². The van der Waals surface area contributed by atoms with Crippen LogP contribution in [-0.4, -0.2) is 20.7 Å². The molecule has 0 fully saturated rings. The summed E-state index contributed by atoms with van der Waals surface area (Å²) in [6.45, 7) is 4.68. The topological polar surface area (TPSA) is 73.0 Å². The number of amides is 1. The molecule has 0 aliphatic carbocycles. The quantitative estimate of drug-likeness (QED) is 0.551. The molecule has 0 aliphatic heterocycles. The van der Waals surface area contributed by atoms with Gasteiger partial charge in [-0.25, -0.2) is 0 Å². The third kappa shape index (κ3) is 3.67. The van der Waals surface area contributed by atoms with Gasteiger partial charge in [-0.3, -0.25) is 4.79 Å². The molecule has 2 heterocycles. The van der Waals surface area contributed by atoms with Crippen molar-refractivity contribution in [1.82, 2.24) is 20.1 Å². The van der Waals surface area contributed by atoms with Crippen molar-refractivity contribution in [3.05, 3.63) is 72.1 Å². The molecule has 1 N–H and O–H groups in total. The van der Waals surface area contributed by atoms with E-state index in [0.29, 0.717) is 18.3 Å². The van der Waals surface area contributed by atoms with Crippen LogP contribution in [-0.2, 0) is 17.9 Å². The lowest BCUT2D eigenvalue weighted by molar-refractivity contribution is -0.121. The zero-order valence-electron chi connectivity index (χ0n) is 15.9. The average molecular weight is 374 g/mol. The van der Waals surface area contributed by atoms with E-state index in [1.165, 1.54) is 0 Å². The number of para-hydroxylation sites is 1. The van der Waals surface area contributed by atoms with E-state index < -0.39 is 0 Å². The highest BCUT2D eigenvalue weighted by molar-refractivity contribution is 5.88. The molecule has 28 heavy (non-hydrogen) atoms. The van der Waals surface area contributed by atoms with Gasteiger partial charge in [0.15, 0.2) is 0 Å². The first-order valence-corrected chi connectivity index (χ1v) is 9.34. The van der Waals surface area contributed by atoms with Crippen molar-refractivity contribution in [3.63, 3.8) is 0 Å². The van der Waals surface area contributed by atoms with E-state index in [4.69, 9.17) is 4.42 Å². The number of benzene rings is 2. The van der Waals surface area contributed by atoms with Crippen molar-refractivity contribution >= 4 is 16.8 Å². The molecule has 6 nitrogen and oxygen atoms in total. The highest BCUT2D eigenvalue weighted by Crippen LogP contribution is 2.28. The lowest BCUT2D eigenvalue weighted by atomic mass is 10.2. The summed E-state index contributed by atoms with van der Waals surface area (Å²) in [5, 5.41) is 12.3. The Hall–Kier alpha value is -3.41. The molecule has 6 heteroatoms. The Bertz CT molecular complexity index is 1100. The minimum absolute atomic E-state index is 0.0740. The molecule has 0 unspecified atom stereocenters. The fraction of sp³-hybridized carbons (Fsp3) is 0.227. The summed E-state index contributed by atoms with van der Waals surface area (Å²) in [6.07, 6.45) is 0. The maximum Gasteiger partial charge on any atom is 0.264 e. The van der Waals surface area contributed by atoms with Gasteiger partial charge in [0.25, 0.3) is 5.89 Å². The highest BCUT2D eigenvalue weighted by atomic mass is 16.4. The van der Waals surface area contributed by atoms with Gasteiger partial charge in [0, 0.05) is 23.4 Å². The zero-order chi connectivity index (χ0) is 19.5. The van der Waals surface area contributed by atoms with Crippen molar-refractivity contribution in [3.8, 4) is 11.6 Å². The molecule has 2 aromatic heterocycles. The van der Waals surface area contributed by atoms with Crippen LogP contribution in [0.3, 0.4) is 0 Å². The first-order valence-electron chi connectivity index (χ1n) is 9.34. The smallest absolute Gasteiger partial charge is 0.264 e. The second-order valence-electron chi connectivity index (χ2n) is 7.04. The van der Waals surface area contributed by atoms with E-state index >= 15 is 0 Å². The summed E-state index contributed by atoms with van der Waals surface area (Å²) < 4.78 is 7.76. The van der Waals surface area contributed by atoms with Crippen LogP contribution in [0.2, 0.25) is 0 Å². The van der Waals surface area contributed by atoms with E-state index in [1.54, 1.807) is 0 Å². The number of hydrogen-bond acceptors (Lipinski definition) is 4. The standard InChI is InChI=1S/C22H22N4O2/c1-15(2)21-24-25-22(28-21)19-12-17-10-6-7-11-18(17)26(19)14-20(27)23-13-16-8-4-3-5-9-16/h3-12,15H,13-14H2,1-2H3,(H,23,27). The molecule has 0 radical (unpaired) electrons. The SMILES string of the molecule is CC(C)c1nnc(-c2cc3ccccc3n2CC(=O)NCc2ccccc2)o1. The predicted octanol–water partition coefficient (Wildman–Crippen LogP) is 4.13. The maximum absolute atomic E-state index is 12.6. The largest absolute Gasteiger partial charge is 0.419 e. The summed E-state index contributed by atoms with van der Waals surface area (Å²) >= 11 is 0. The van der Waals surface area contributed by atoms with Crippen LogP contribution in [0.1, 0.15) is 31.2 Å². The molecule has 0 spiro atoms. The van der Waals surface area contributed by atoms with Crippen molar-refractivity contribution in [2.24, 2.45) is 0 Å². The molecule has 0 aliphatic rings. The molecule has 142 valence electrons. The Kier molecular flexibility index (Phi) is 4.93. The first-order chi connectivity index (χ1) is 13.6. The summed E-state index contributed by atoms with van der Waals surface area (Å²) in [5.41, 5.74) is 2.76. The van der Waals surface area contributed by atoms with Crippen LogP contribution < -0.4 is 5.32 Å². The molecular formula is C22H22N4O2. The summed E-state index contributed by atoms with van der Waals surface area (Å²) in [7, 11) is 0. The minimum Gasteiger partial charge on any atom is -0.419 e.